The smallest absolute Gasteiger partial charge is 0.335 e. The van der Waals surface area contributed by atoms with Crippen molar-refractivity contribution in [2.75, 3.05) is 24.4 Å². The molecule has 0 radical (unpaired) electrons. The number of hydrogen-bond donors (Lipinski definition) is 2. The molecule has 3 aromatic carbocycles. The summed E-state index contributed by atoms with van der Waals surface area (Å²) in [6.45, 7) is 0. The largest absolute Gasteiger partial charge is 0.478 e. The third-order valence-corrected chi connectivity index (χ3v) is 4.11. The van der Waals surface area contributed by atoms with Gasteiger partial charge in [-0.1, -0.05) is 48.5 Å². The summed E-state index contributed by atoms with van der Waals surface area (Å²) < 4.78 is 0. The van der Waals surface area contributed by atoms with Crippen LogP contribution in [0, 0.1) is 0 Å². The van der Waals surface area contributed by atoms with E-state index in [0.717, 1.165) is 22.5 Å². The molecule has 3 aromatic rings. The Morgan fingerprint density at radius 2 is 1.48 bits per heavy atom. The van der Waals surface area contributed by atoms with E-state index in [4.69, 9.17) is 5.11 Å². The molecule has 0 bridgehead atoms. The van der Waals surface area contributed by atoms with Crippen LogP contribution < -0.4 is 10.3 Å². The number of hydrogen-bond acceptors (Lipinski definition) is 4. The van der Waals surface area contributed by atoms with Gasteiger partial charge in [-0.25, -0.2) is 4.79 Å². The van der Waals surface area contributed by atoms with E-state index in [2.05, 4.69) is 10.5 Å². The summed E-state index contributed by atoms with van der Waals surface area (Å²) in [5.41, 5.74) is 7.64. The van der Waals surface area contributed by atoms with E-state index in [0.29, 0.717) is 5.69 Å². The van der Waals surface area contributed by atoms with Crippen LogP contribution in [0.3, 0.4) is 0 Å². The van der Waals surface area contributed by atoms with Crippen LogP contribution >= 0.6 is 0 Å². The van der Waals surface area contributed by atoms with Crippen molar-refractivity contribution in [2.24, 2.45) is 5.10 Å². The molecule has 0 atom stereocenters. The number of hydrazone groups is 1. The zero-order valence-electron chi connectivity index (χ0n) is 15.3. The number of nitrogens with one attached hydrogen (secondary N) is 1. The Morgan fingerprint density at radius 1 is 0.852 bits per heavy atom. The summed E-state index contributed by atoms with van der Waals surface area (Å²) in [5, 5.41) is 13.7. The lowest BCUT2D eigenvalue weighted by Gasteiger charge is -2.14. The van der Waals surface area contributed by atoms with Crippen molar-refractivity contribution in [1.82, 2.24) is 0 Å². The maximum Gasteiger partial charge on any atom is 0.335 e. The molecule has 5 nitrogen and oxygen atoms in total. The van der Waals surface area contributed by atoms with Gasteiger partial charge in [0.25, 0.3) is 0 Å². The fraction of sp³-hybridized carbons (Fsp3) is 0.0909. The van der Waals surface area contributed by atoms with Gasteiger partial charge in [-0.05, 0) is 30.3 Å². The van der Waals surface area contributed by atoms with Gasteiger partial charge in [-0.2, -0.15) is 5.10 Å². The number of carbonyl (C=O) groups is 1. The van der Waals surface area contributed by atoms with Crippen molar-refractivity contribution in [2.45, 2.75) is 0 Å². The molecule has 0 amide bonds. The second-order valence-corrected chi connectivity index (χ2v) is 6.27. The minimum Gasteiger partial charge on any atom is -0.478 e. The summed E-state index contributed by atoms with van der Waals surface area (Å²) >= 11 is 0. The molecular weight excluding hydrogens is 338 g/mol. The Hall–Kier alpha value is -3.60. The Labute approximate surface area is 158 Å². The highest BCUT2D eigenvalue weighted by atomic mass is 16.4. The summed E-state index contributed by atoms with van der Waals surface area (Å²) in [7, 11) is 4.00. The van der Waals surface area contributed by atoms with E-state index < -0.39 is 5.97 Å². The quantitative estimate of drug-likeness (QED) is 0.508. The van der Waals surface area contributed by atoms with Gasteiger partial charge < -0.3 is 10.0 Å². The lowest BCUT2D eigenvalue weighted by atomic mass is 10.0. The Bertz CT molecular complexity index is 949. The molecule has 0 aliphatic heterocycles. The van der Waals surface area contributed by atoms with Gasteiger partial charge >= 0.3 is 5.97 Å². The predicted molar refractivity (Wildman–Crippen MR) is 110 cm³/mol. The van der Waals surface area contributed by atoms with Gasteiger partial charge in [-0.3, -0.25) is 5.43 Å². The van der Waals surface area contributed by atoms with Crippen LogP contribution in [0.5, 0.6) is 0 Å². The van der Waals surface area contributed by atoms with E-state index in [1.54, 1.807) is 24.3 Å². The number of carboxylic acids is 1. The molecule has 0 aliphatic carbocycles. The van der Waals surface area contributed by atoms with E-state index in [1.165, 1.54) is 0 Å². The number of benzene rings is 3. The minimum atomic E-state index is -0.967. The first-order valence-corrected chi connectivity index (χ1v) is 8.55. The van der Waals surface area contributed by atoms with Gasteiger partial charge in [0.05, 0.1) is 17.0 Å². The summed E-state index contributed by atoms with van der Waals surface area (Å²) in [6.07, 6.45) is 0. The van der Waals surface area contributed by atoms with Crippen molar-refractivity contribution in [1.29, 1.82) is 0 Å². The van der Waals surface area contributed by atoms with Gasteiger partial charge in [0, 0.05) is 30.9 Å². The third kappa shape index (κ3) is 4.52. The topological polar surface area (TPSA) is 64.9 Å². The molecule has 0 saturated heterocycles. The van der Waals surface area contributed by atoms with Crippen LogP contribution in [0.4, 0.5) is 11.4 Å². The molecule has 27 heavy (non-hydrogen) atoms. The van der Waals surface area contributed by atoms with E-state index in [-0.39, 0.29) is 5.56 Å². The van der Waals surface area contributed by atoms with Crippen LogP contribution in [0.15, 0.2) is 84.0 Å². The number of rotatable bonds is 6. The fourth-order valence-electron chi connectivity index (χ4n) is 2.65. The first-order valence-electron chi connectivity index (χ1n) is 8.55. The van der Waals surface area contributed by atoms with Crippen LogP contribution in [0.25, 0.3) is 0 Å². The van der Waals surface area contributed by atoms with Crippen molar-refractivity contribution >= 4 is 23.1 Å². The number of nitrogens with zero attached hydrogens (tertiary/aromatic N) is 2. The van der Waals surface area contributed by atoms with Crippen molar-refractivity contribution in [3.05, 3.63) is 95.6 Å². The highest BCUT2D eigenvalue weighted by molar-refractivity contribution is 6.13. The summed E-state index contributed by atoms with van der Waals surface area (Å²) in [6, 6.07) is 24.6. The van der Waals surface area contributed by atoms with Crippen molar-refractivity contribution in [3.63, 3.8) is 0 Å². The third-order valence-electron chi connectivity index (χ3n) is 4.11. The molecule has 0 aromatic heterocycles. The monoisotopic (exact) mass is 359 g/mol. The molecule has 2 N–H and O–H groups in total. The van der Waals surface area contributed by atoms with E-state index in [1.807, 2.05) is 73.6 Å². The number of aromatic carboxylic acids is 1. The molecule has 0 unspecified atom stereocenters. The molecule has 3 rings (SSSR count). The molecule has 0 aliphatic rings. The van der Waals surface area contributed by atoms with Crippen molar-refractivity contribution in [3.8, 4) is 0 Å². The molecule has 0 fully saturated rings. The Morgan fingerprint density at radius 3 is 2.11 bits per heavy atom. The SMILES string of the molecule is CN(C)c1ccc(C(=NNc2cccc(C(=O)O)c2)c2ccccc2)cc1. The first kappa shape index (κ1) is 18.2. The maximum absolute atomic E-state index is 11.2. The van der Waals surface area contributed by atoms with Gasteiger partial charge in [0.1, 0.15) is 0 Å². The Kier molecular flexibility index (Phi) is 5.52. The number of carboxylic acid groups (broad SMARTS) is 1. The second-order valence-electron chi connectivity index (χ2n) is 6.27. The predicted octanol–water partition coefficient (Wildman–Crippen LogP) is 4.32. The lowest BCUT2D eigenvalue weighted by molar-refractivity contribution is 0.0697. The van der Waals surface area contributed by atoms with Crippen LogP contribution in [0.2, 0.25) is 0 Å². The van der Waals surface area contributed by atoms with Gasteiger partial charge in [0.15, 0.2) is 0 Å². The number of anilines is 2. The molecule has 136 valence electrons. The van der Waals surface area contributed by atoms with Crippen LogP contribution in [0.1, 0.15) is 21.5 Å². The average Bonchev–Trinajstić information content (AvgIpc) is 2.69. The van der Waals surface area contributed by atoms with Crippen LogP contribution in [-0.2, 0) is 0 Å². The molecule has 0 spiro atoms. The lowest BCUT2D eigenvalue weighted by Crippen LogP contribution is -2.10. The van der Waals surface area contributed by atoms with E-state index >= 15 is 0 Å². The van der Waals surface area contributed by atoms with E-state index in [9.17, 15) is 4.79 Å². The standard InChI is InChI=1S/C22H21N3O2/c1-25(2)20-13-11-17(12-14-20)21(16-7-4-3-5-8-16)24-23-19-10-6-9-18(15-19)22(26)27/h3-15,23H,1-2H3,(H,26,27). The van der Waals surface area contributed by atoms with Gasteiger partial charge in [-0.15, -0.1) is 0 Å². The normalized spacial score (nSPS) is 11.1. The summed E-state index contributed by atoms with van der Waals surface area (Å²) in [4.78, 5) is 13.2. The molecule has 5 heteroatoms. The zero-order chi connectivity index (χ0) is 19.2. The summed E-state index contributed by atoms with van der Waals surface area (Å²) in [5.74, 6) is -0.967. The maximum atomic E-state index is 11.2. The second kappa shape index (κ2) is 8.19. The zero-order valence-corrected chi connectivity index (χ0v) is 15.3. The molecular formula is C22H21N3O2. The fourth-order valence-corrected chi connectivity index (χ4v) is 2.65. The van der Waals surface area contributed by atoms with Crippen LogP contribution in [-0.4, -0.2) is 30.9 Å². The minimum absolute atomic E-state index is 0.215. The van der Waals surface area contributed by atoms with Gasteiger partial charge in [0.2, 0.25) is 0 Å². The highest BCUT2D eigenvalue weighted by Crippen LogP contribution is 2.17. The molecule has 0 heterocycles. The Balaban J connectivity index is 1.96. The first-order chi connectivity index (χ1) is 13.0. The molecule has 0 saturated carbocycles. The average molecular weight is 359 g/mol. The van der Waals surface area contributed by atoms with Crippen molar-refractivity contribution < 1.29 is 9.90 Å². The highest BCUT2D eigenvalue weighted by Gasteiger charge is 2.08.